The standard InChI is InChI=1S/C22H25N3O/c1-16-11-13-17(14-12-16)6-4-10-21(26)25-15-5-9-20(25)22-23-18-7-2-3-8-19(18)24-22/h2-3,7-8,11-14,20H,4-6,9-10,15H2,1H3,(H,23,24). The summed E-state index contributed by atoms with van der Waals surface area (Å²) < 4.78 is 0. The lowest BCUT2D eigenvalue weighted by molar-refractivity contribution is -0.132. The SMILES string of the molecule is Cc1ccc(CCCC(=O)N2CCCC2c2nc3ccccc3[nH]2)cc1. The zero-order chi connectivity index (χ0) is 17.9. The molecule has 1 aliphatic rings. The Bertz CT molecular complexity index is 864. The monoisotopic (exact) mass is 347 g/mol. The normalized spacial score (nSPS) is 17.1. The van der Waals surface area contributed by atoms with Gasteiger partial charge in [-0.15, -0.1) is 0 Å². The number of benzene rings is 2. The Morgan fingerprint density at radius 1 is 1.19 bits per heavy atom. The van der Waals surface area contributed by atoms with Crippen molar-refractivity contribution in [2.75, 3.05) is 6.54 Å². The molecule has 1 unspecified atom stereocenters. The molecule has 134 valence electrons. The number of imidazole rings is 1. The maximum Gasteiger partial charge on any atom is 0.223 e. The lowest BCUT2D eigenvalue weighted by Gasteiger charge is -2.23. The zero-order valence-electron chi connectivity index (χ0n) is 15.2. The van der Waals surface area contributed by atoms with E-state index in [2.05, 4.69) is 36.2 Å². The number of carbonyl (C=O) groups is 1. The van der Waals surface area contributed by atoms with Crippen molar-refractivity contribution in [3.8, 4) is 0 Å². The Morgan fingerprint density at radius 2 is 2.00 bits per heavy atom. The Labute approximate surface area is 154 Å². The highest BCUT2D eigenvalue weighted by Gasteiger charge is 2.31. The van der Waals surface area contributed by atoms with Gasteiger partial charge in [-0.1, -0.05) is 42.0 Å². The first-order valence-electron chi connectivity index (χ1n) is 9.50. The summed E-state index contributed by atoms with van der Waals surface area (Å²) in [5.74, 6) is 1.18. The van der Waals surface area contributed by atoms with E-state index in [-0.39, 0.29) is 11.9 Å². The Morgan fingerprint density at radius 3 is 2.81 bits per heavy atom. The number of hydrogen-bond donors (Lipinski definition) is 1. The fourth-order valence-electron chi connectivity index (χ4n) is 3.82. The van der Waals surface area contributed by atoms with Gasteiger partial charge in [0.25, 0.3) is 0 Å². The van der Waals surface area contributed by atoms with Gasteiger partial charge in [0.1, 0.15) is 5.82 Å². The number of amides is 1. The molecule has 0 radical (unpaired) electrons. The third-order valence-corrected chi connectivity index (χ3v) is 5.27. The molecule has 1 aromatic heterocycles. The number of aromatic nitrogens is 2. The van der Waals surface area contributed by atoms with E-state index in [0.717, 1.165) is 49.1 Å². The number of nitrogens with zero attached hydrogens (tertiary/aromatic N) is 2. The van der Waals surface area contributed by atoms with Crippen LogP contribution in [0.3, 0.4) is 0 Å². The molecule has 4 rings (SSSR count). The topological polar surface area (TPSA) is 49.0 Å². The van der Waals surface area contributed by atoms with Gasteiger partial charge in [-0.25, -0.2) is 4.98 Å². The summed E-state index contributed by atoms with van der Waals surface area (Å²) in [6.45, 7) is 2.93. The van der Waals surface area contributed by atoms with Crippen molar-refractivity contribution in [1.29, 1.82) is 0 Å². The second-order valence-electron chi connectivity index (χ2n) is 7.22. The Balaban J connectivity index is 1.39. The summed E-state index contributed by atoms with van der Waals surface area (Å²) in [4.78, 5) is 22.9. The number of aromatic amines is 1. The van der Waals surface area contributed by atoms with Crippen molar-refractivity contribution in [3.05, 3.63) is 65.5 Å². The largest absolute Gasteiger partial charge is 0.340 e. The molecule has 1 N–H and O–H groups in total. The summed E-state index contributed by atoms with van der Waals surface area (Å²) in [6, 6.07) is 16.7. The average Bonchev–Trinajstić information content (AvgIpc) is 3.29. The van der Waals surface area contributed by atoms with Gasteiger partial charge in [0.2, 0.25) is 5.91 Å². The minimum absolute atomic E-state index is 0.0919. The highest BCUT2D eigenvalue weighted by molar-refractivity contribution is 5.78. The molecule has 3 aromatic rings. The average molecular weight is 347 g/mol. The van der Waals surface area contributed by atoms with Crippen LogP contribution in [-0.2, 0) is 11.2 Å². The number of hydrogen-bond acceptors (Lipinski definition) is 2. The Hall–Kier alpha value is -2.62. The van der Waals surface area contributed by atoms with E-state index in [0.29, 0.717) is 6.42 Å². The van der Waals surface area contributed by atoms with Crippen LogP contribution < -0.4 is 0 Å². The number of nitrogens with one attached hydrogen (secondary N) is 1. The van der Waals surface area contributed by atoms with E-state index < -0.39 is 0 Å². The number of H-pyrrole nitrogens is 1. The molecule has 0 saturated carbocycles. The number of rotatable bonds is 5. The van der Waals surface area contributed by atoms with Crippen molar-refractivity contribution in [1.82, 2.24) is 14.9 Å². The first kappa shape index (κ1) is 16.8. The van der Waals surface area contributed by atoms with Crippen LogP contribution in [0.15, 0.2) is 48.5 Å². The second-order valence-corrected chi connectivity index (χ2v) is 7.22. The number of aryl methyl sites for hydroxylation is 2. The smallest absolute Gasteiger partial charge is 0.223 e. The van der Waals surface area contributed by atoms with E-state index in [1.54, 1.807) is 0 Å². The number of para-hydroxylation sites is 2. The zero-order valence-corrected chi connectivity index (χ0v) is 15.2. The van der Waals surface area contributed by atoms with Gasteiger partial charge < -0.3 is 9.88 Å². The highest BCUT2D eigenvalue weighted by atomic mass is 16.2. The summed E-state index contributed by atoms with van der Waals surface area (Å²) in [5, 5.41) is 0. The summed E-state index contributed by atoms with van der Waals surface area (Å²) in [7, 11) is 0. The number of fused-ring (bicyclic) bond motifs is 1. The molecule has 4 nitrogen and oxygen atoms in total. The fraction of sp³-hybridized carbons (Fsp3) is 0.364. The fourth-order valence-corrected chi connectivity index (χ4v) is 3.82. The molecule has 0 spiro atoms. The quantitative estimate of drug-likeness (QED) is 0.735. The van der Waals surface area contributed by atoms with Crippen molar-refractivity contribution in [2.24, 2.45) is 0 Å². The van der Waals surface area contributed by atoms with E-state index in [9.17, 15) is 4.79 Å². The van der Waals surface area contributed by atoms with Crippen molar-refractivity contribution in [2.45, 2.75) is 45.1 Å². The van der Waals surface area contributed by atoms with E-state index in [1.807, 2.05) is 29.2 Å². The third kappa shape index (κ3) is 3.50. The maximum atomic E-state index is 12.8. The van der Waals surface area contributed by atoms with Gasteiger partial charge in [-0.05, 0) is 50.3 Å². The maximum absolute atomic E-state index is 12.8. The van der Waals surface area contributed by atoms with Crippen molar-refractivity contribution < 1.29 is 4.79 Å². The lowest BCUT2D eigenvalue weighted by atomic mass is 10.1. The minimum atomic E-state index is 0.0919. The molecule has 2 aromatic carbocycles. The van der Waals surface area contributed by atoms with Gasteiger partial charge in [0, 0.05) is 13.0 Å². The Kier molecular flexibility index (Phi) is 4.74. The molecule has 1 amide bonds. The lowest BCUT2D eigenvalue weighted by Crippen LogP contribution is -2.30. The van der Waals surface area contributed by atoms with Gasteiger partial charge in [-0.3, -0.25) is 4.79 Å². The van der Waals surface area contributed by atoms with Crippen molar-refractivity contribution >= 4 is 16.9 Å². The molecular weight excluding hydrogens is 322 g/mol. The molecule has 0 aliphatic carbocycles. The first-order valence-corrected chi connectivity index (χ1v) is 9.50. The van der Waals surface area contributed by atoms with Gasteiger partial charge >= 0.3 is 0 Å². The molecular formula is C22H25N3O. The van der Waals surface area contributed by atoms with Crippen molar-refractivity contribution in [3.63, 3.8) is 0 Å². The van der Waals surface area contributed by atoms with E-state index >= 15 is 0 Å². The van der Waals surface area contributed by atoms with E-state index in [4.69, 9.17) is 4.98 Å². The van der Waals surface area contributed by atoms with Crippen LogP contribution in [0.5, 0.6) is 0 Å². The molecule has 1 aliphatic heterocycles. The van der Waals surface area contributed by atoms with Crippen LogP contribution in [-0.4, -0.2) is 27.3 Å². The van der Waals surface area contributed by atoms with Crippen LogP contribution in [0.2, 0.25) is 0 Å². The molecule has 1 atom stereocenters. The summed E-state index contributed by atoms with van der Waals surface area (Å²) in [6.07, 6.45) is 4.49. The molecule has 1 fully saturated rings. The van der Waals surface area contributed by atoms with Crippen LogP contribution in [0.4, 0.5) is 0 Å². The van der Waals surface area contributed by atoms with Gasteiger partial charge in [0.05, 0.1) is 17.1 Å². The predicted molar refractivity (Wildman–Crippen MR) is 104 cm³/mol. The van der Waals surface area contributed by atoms with Crippen LogP contribution >= 0.6 is 0 Å². The number of likely N-dealkylation sites (tertiary alicyclic amines) is 1. The molecule has 26 heavy (non-hydrogen) atoms. The molecule has 0 bridgehead atoms. The van der Waals surface area contributed by atoms with Gasteiger partial charge in [-0.2, -0.15) is 0 Å². The predicted octanol–water partition coefficient (Wildman–Crippen LogP) is 4.56. The third-order valence-electron chi connectivity index (χ3n) is 5.27. The van der Waals surface area contributed by atoms with Crippen LogP contribution in [0, 0.1) is 6.92 Å². The number of carbonyl (C=O) groups excluding carboxylic acids is 1. The van der Waals surface area contributed by atoms with E-state index in [1.165, 1.54) is 11.1 Å². The minimum Gasteiger partial charge on any atom is -0.340 e. The molecule has 2 heterocycles. The molecule has 1 saturated heterocycles. The van der Waals surface area contributed by atoms with Crippen LogP contribution in [0.1, 0.15) is 48.7 Å². The molecule has 4 heteroatoms. The highest BCUT2D eigenvalue weighted by Crippen LogP contribution is 2.32. The van der Waals surface area contributed by atoms with Gasteiger partial charge in [0.15, 0.2) is 0 Å². The summed E-state index contributed by atoms with van der Waals surface area (Å²) in [5.41, 5.74) is 4.59. The summed E-state index contributed by atoms with van der Waals surface area (Å²) >= 11 is 0. The van der Waals surface area contributed by atoms with Crippen LogP contribution in [0.25, 0.3) is 11.0 Å². The first-order chi connectivity index (χ1) is 12.7. The second kappa shape index (κ2) is 7.32.